The summed E-state index contributed by atoms with van der Waals surface area (Å²) >= 11 is 0. The van der Waals surface area contributed by atoms with Gasteiger partial charge < -0.3 is 15.8 Å². The third-order valence-electron chi connectivity index (χ3n) is 2.10. The summed E-state index contributed by atoms with van der Waals surface area (Å²) in [7, 11) is 0. The Labute approximate surface area is 90.7 Å². The lowest BCUT2D eigenvalue weighted by Crippen LogP contribution is -2.05. The Morgan fingerprint density at radius 1 is 1.44 bits per heavy atom. The molecule has 7 heteroatoms. The summed E-state index contributed by atoms with van der Waals surface area (Å²) in [5.74, 6) is 0.128. The highest BCUT2D eigenvalue weighted by Gasteiger charge is 2.13. The predicted molar refractivity (Wildman–Crippen MR) is 55.7 cm³/mol. The number of nitrogens with two attached hydrogens (primary N) is 1. The van der Waals surface area contributed by atoms with Crippen molar-refractivity contribution >= 4 is 17.1 Å². The molecule has 16 heavy (non-hydrogen) atoms. The van der Waals surface area contributed by atoms with Gasteiger partial charge in [-0.05, 0) is 6.92 Å². The Hall–Kier alpha value is -2.02. The molecule has 2 aromatic rings. The van der Waals surface area contributed by atoms with E-state index in [9.17, 15) is 4.79 Å². The van der Waals surface area contributed by atoms with Crippen LogP contribution in [0.3, 0.4) is 0 Å². The Morgan fingerprint density at radius 3 is 2.81 bits per heavy atom. The molecule has 0 spiro atoms. The van der Waals surface area contributed by atoms with E-state index < -0.39 is 5.97 Å². The fourth-order valence-corrected chi connectivity index (χ4v) is 1.49. The fraction of sp³-hybridized carbons (Fsp3) is 0.333. The van der Waals surface area contributed by atoms with Gasteiger partial charge in [0.2, 0.25) is 0 Å². The van der Waals surface area contributed by atoms with Gasteiger partial charge >= 0.3 is 5.97 Å². The number of hydrogen-bond acceptors (Lipinski definition) is 5. The Kier molecular flexibility index (Phi) is 2.53. The van der Waals surface area contributed by atoms with E-state index in [2.05, 4.69) is 19.9 Å². The van der Waals surface area contributed by atoms with Crippen LogP contribution in [-0.4, -0.2) is 31.0 Å². The Balaban J connectivity index is 2.61. The molecule has 0 saturated carbocycles. The smallest absolute Gasteiger partial charge is 0.309 e. The summed E-state index contributed by atoms with van der Waals surface area (Å²) in [6, 6.07) is 0. The van der Waals surface area contributed by atoms with Gasteiger partial charge in [0.1, 0.15) is 17.2 Å². The van der Waals surface area contributed by atoms with Crippen LogP contribution in [0.15, 0.2) is 0 Å². The molecular weight excluding hydrogens is 210 g/mol. The van der Waals surface area contributed by atoms with Crippen molar-refractivity contribution in [3.8, 4) is 0 Å². The fourth-order valence-electron chi connectivity index (χ4n) is 1.49. The number of hydrogen-bond donors (Lipinski definition) is 3. The lowest BCUT2D eigenvalue weighted by molar-refractivity contribution is -0.136. The molecule has 0 amide bonds. The second kappa shape index (κ2) is 3.86. The summed E-state index contributed by atoms with van der Waals surface area (Å²) in [5, 5.41) is 8.76. The van der Waals surface area contributed by atoms with Gasteiger partial charge in [-0.25, -0.2) is 15.0 Å². The molecule has 0 saturated heterocycles. The molecule has 0 atom stereocenters. The molecule has 84 valence electrons. The van der Waals surface area contributed by atoms with E-state index in [1.54, 1.807) is 6.92 Å². The summed E-state index contributed by atoms with van der Waals surface area (Å²) < 4.78 is 0. The van der Waals surface area contributed by atoms with Crippen molar-refractivity contribution in [3.63, 3.8) is 0 Å². The largest absolute Gasteiger partial charge is 0.481 e. The van der Waals surface area contributed by atoms with Crippen molar-refractivity contribution in [3.05, 3.63) is 17.3 Å². The molecule has 0 aliphatic rings. The van der Waals surface area contributed by atoms with Gasteiger partial charge in [0.25, 0.3) is 0 Å². The molecule has 2 rings (SSSR count). The third kappa shape index (κ3) is 1.84. The molecule has 0 unspecified atom stereocenters. The molecule has 0 aliphatic heterocycles. The quantitative estimate of drug-likeness (QED) is 0.657. The monoisotopic (exact) mass is 221 g/mol. The van der Waals surface area contributed by atoms with Crippen LogP contribution >= 0.6 is 0 Å². The van der Waals surface area contributed by atoms with E-state index in [0.29, 0.717) is 28.5 Å². The maximum Gasteiger partial charge on any atom is 0.309 e. The van der Waals surface area contributed by atoms with E-state index in [4.69, 9.17) is 10.8 Å². The number of aromatic nitrogens is 4. The van der Waals surface area contributed by atoms with Gasteiger partial charge in [-0.3, -0.25) is 4.79 Å². The molecule has 2 heterocycles. The van der Waals surface area contributed by atoms with Crippen molar-refractivity contribution in [2.45, 2.75) is 19.9 Å². The molecule has 0 radical (unpaired) electrons. The van der Waals surface area contributed by atoms with Crippen LogP contribution in [-0.2, 0) is 17.8 Å². The van der Waals surface area contributed by atoms with Crippen molar-refractivity contribution in [1.82, 2.24) is 19.9 Å². The number of rotatable bonds is 3. The first kappa shape index (κ1) is 10.5. The maximum atomic E-state index is 10.7. The summed E-state index contributed by atoms with van der Waals surface area (Å²) in [6.45, 7) is 1.95. The number of nitrogens with zero attached hydrogens (tertiary/aromatic N) is 3. The summed E-state index contributed by atoms with van der Waals surface area (Å²) in [6.07, 6.45) is -0.161. The van der Waals surface area contributed by atoms with E-state index in [-0.39, 0.29) is 13.0 Å². The first-order valence-electron chi connectivity index (χ1n) is 4.74. The number of carbonyl (C=O) groups is 1. The highest BCUT2D eigenvalue weighted by atomic mass is 16.4. The predicted octanol–water partition coefficient (Wildman–Crippen LogP) is -0.253. The van der Waals surface area contributed by atoms with Crippen LogP contribution in [0.4, 0.5) is 0 Å². The van der Waals surface area contributed by atoms with Gasteiger partial charge in [0, 0.05) is 0 Å². The van der Waals surface area contributed by atoms with Gasteiger partial charge in [0.05, 0.1) is 18.7 Å². The molecule has 4 N–H and O–H groups in total. The molecule has 0 aliphatic carbocycles. The van der Waals surface area contributed by atoms with Crippen LogP contribution < -0.4 is 5.73 Å². The lowest BCUT2D eigenvalue weighted by atomic mass is 10.2. The van der Waals surface area contributed by atoms with Crippen molar-refractivity contribution in [1.29, 1.82) is 0 Å². The summed E-state index contributed by atoms with van der Waals surface area (Å²) in [5.41, 5.74) is 6.89. The highest BCUT2D eigenvalue weighted by Crippen LogP contribution is 2.13. The van der Waals surface area contributed by atoms with Crippen molar-refractivity contribution in [2.75, 3.05) is 0 Å². The second-order valence-electron chi connectivity index (χ2n) is 3.37. The number of imidazole rings is 1. The molecule has 2 aromatic heterocycles. The molecule has 0 bridgehead atoms. The normalized spacial score (nSPS) is 10.9. The topological polar surface area (TPSA) is 118 Å². The first-order valence-corrected chi connectivity index (χ1v) is 4.74. The number of carboxylic acid groups (broad SMARTS) is 1. The van der Waals surface area contributed by atoms with Crippen LogP contribution in [0, 0.1) is 6.92 Å². The standard InChI is InChI=1S/C9H11N5O2/c1-4-11-5(2-7(15)16)8-9(12-4)14-6(3-10)13-8/h2-3,10H2,1H3,(H,15,16)(H,11,12,13,14). The van der Waals surface area contributed by atoms with Crippen LogP contribution in [0.25, 0.3) is 11.2 Å². The summed E-state index contributed by atoms with van der Waals surface area (Å²) in [4.78, 5) is 25.9. The van der Waals surface area contributed by atoms with E-state index in [0.717, 1.165) is 0 Å². The van der Waals surface area contributed by atoms with Crippen molar-refractivity contribution < 1.29 is 9.90 Å². The SMILES string of the molecule is Cc1nc(CC(=O)O)c2[nH]c(CN)nc2n1. The number of aryl methyl sites for hydroxylation is 1. The average molecular weight is 221 g/mol. The average Bonchev–Trinajstić information content (AvgIpc) is 2.59. The minimum Gasteiger partial charge on any atom is -0.481 e. The van der Waals surface area contributed by atoms with Gasteiger partial charge in [0.15, 0.2) is 5.65 Å². The van der Waals surface area contributed by atoms with E-state index in [1.807, 2.05) is 0 Å². The van der Waals surface area contributed by atoms with Gasteiger partial charge in [-0.15, -0.1) is 0 Å². The minimum absolute atomic E-state index is 0.161. The maximum absolute atomic E-state index is 10.7. The lowest BCUT2D eigenvalue weighted by Gasteiger charge is -1.99. The number of aliphatic carboxylic acids is 1. The van der Waals surface area contributed by atoms with Crippen molar-refractivity contribution in [2.24, 2.45) is 5.73 Å². The number of fused-ring (bicyclic) bond motifs is 1. The molecule has 0 aromatic carbocycles. The minimum atomic E-state index is -0.941. The highest BCUT2D eigenvalue weighted by molar-refractivity contribution is 5.79. The Morgan fingerprint density at radius 2 is 2.19 bits per heavy atom. The Bertz CT molecular complexity index is 548. The van der Waals surface area contributed by atoms with Crippen LogP contribution in [0.5, 0.6) is 0 Å². The molecule has 7 nitrogen and oxygen atoms in total. The third-order valence-corrected chi connectivity index (χ3v) is 2.10. The number of carboxylic acids is 1. The van der Waals surface area contributed by atoms with Crippen LogP contribution in [0.2, 0.25) is 0 Å². The van der Waals surface area contributed by atoms with Gasteiger partial charge in [-0.1, -0.05) is 0 Å². The number of H-pyrrole nitrogens is 1. The number of nitrogens with one attached hydrogen (secondary N) is 1. The second-order valence-corrected chi connectivity index (χ2v) is 3.37. The zero-order chi connectivity index (χ0) is 11.7. The molecular formula is C9H11N5O2. The van der Waals surface area contributed by atoms with E-state index >= 15 is 0 Å². The van der Waals surface area contributed by atoms with Crippen LogP contribution in [0.1, 0.15) is 17.3 Å². The van der Waals surface area contributed by atoms with E-state index in [1.165, 1.54) is 0 Å². The first-order chi connectivity index (χ1) is 7.60. The number of aromatic amines is 1. The van der Waals surface area contributed by atoms with Gasteiger partial charge in [-0.2, -0.15) is 0 Å². The molecule has 0 fully saturated rings. The zero-order valence-corrected chi connectivity index (χ0v) is 8.69. The zero-order valence-electron chi connectivity index (χ0n) is 8.69.